The van der Waals surface area contributed by atoms with Gasteiger partial charge in [-0.25, -0.2) is 4.99 Å². The third-order valence-electron chi connectivity index (χ3n) is 13.7. The van der Waals surface area contributed by atoms with Crippen LogP contribution in [0.25, 0.3) is 0 Å². The fraction of sp³-hybridized carbons (Fsp3) is 0.805. The molecule has 2 saturated heterocycles. The van der Waals surface area contributed by atoms with Crippen molar-refractivity contribution in [3.63, 3.8) is 0 Å². The standard InChI is InChI=1S/C41H68N6O4/c1-29-35(48)23-34(47-20-19-43-28-47)33(45-29)15-14-30-11-6-3-4-7-16-40(51,26-38(49)50)27-44-39(2)24-36(46-37(42)25-39)41(17-8-5-9-18-41)32-13-10-12-31(21-30)22-32/h10,12-13,19,22,29-30,33-37,44-46,48,51H,3-9,11,14-18,20-21,23-28,42H2,1-2H3,(H,49,50)/p+1/t29-,30+,33+,34+,35+,36+,37-,39+,40+/m0/s1. The van der Waals surface area contributed by atoms with Crippen molar-refractivity contribution in [3.8, 4) is 0 Å². The van der Waals surface area contributed by atoms with E-state index in [9.17, 15) is 20.1 Å². The molecule has 0 aromatic heterocycles. The number of benzene rings is 1. The van der Waals surface area contributed by atoms with Crippen LogP contribution in [0.4, 0.5) is 0 Å². The van der Waals surface area contributed by atoms with Gasteiger partial charge < -0.3 is 36.6 Å². The van der Waals surface area contributed by atoms with Crippen LogP contribution in [0.15, 0.2) is 29.3 Å². The van der Waals surface area contributed by atoms with E-state index < -0.39 is 11.6 Å². The summed E-state index contributed by atoms with van der Waals surface area (Å²) in [6.07, 6.45) is 18.6. The summed E-state index contributed by atoms with van der Waals surface area (Å²) >= 11 is 0. The SMILES string of the molecule is C[C@@H]1N[C@H](CC[C@H]2CCCCCC[C@@](O)(CC(=O)O)CN[C@@]3(C)C[C@@H](N)N[C@H](C3)C3(CCCCC3)c3cccc(c3)C2)[C@H]([NH+]2CC=NC2)C[C@H]1O. The molecule has 0 radical (unpaired) electrons. The second-order valence-corrected chi connectivity index (χ2v) is 17.8. The van der Waals surface area contributed by atoms with Gasteiger partial charge in [0.2, 0.25) is 0 Å². The van der Waals surface area contributed by atoms with Crippen LogP contribution in [0.2, 0.25) is 0 Å². The van der Waals surface area contributed by atoms with Gasteiger partial charge in [0.05, 0.1) is 36.5 Å². The Labute approximate surface area is 306 Å². The van der Waals surface area contributed by atoms with E-state index in [0.717, 1.165) is 96.7 Å². The first-order valence-corrected chi connectivity index (χ1v) is 20.5. The highest BCUT2D eigenvalue weighted by Gasteiger charge is 2.48. The molecule has 1 aromatic carbocycles. The Hall–Kier alpha value is -1.92. The van der Waals surface area contributed by atoms with Gasteiger partial charge in [0.25, 0.3) is 0 Å². The summed E-state index contributed by atoms with van der Waals surface area (Å²) in [7, 11) is 0. The molecule has 286 valence electrons. The smallest absolute Gasteiger partial charge is 0.306 e. The number of carboxylic acids is 1. The minimum atomic E-state index is -1.29. The van der Waals surface area contributed by atoms with Crippen molar-refractivity contribution in [3.05, 3.63) is 35.4 Å². The van der Waals surface area contributed by atoms with Crippen molar-refractivity contribution in [1.82, 2.24) is 16.0 Å². The summed E-state index contributed by atoms with van der Waals surface area (Å²) in [5, 5.41) is 43.7. The van der Waals surface area contributed by atoms with Crippen LogP contribution in [0.5, 0.6) is 0 Å². The van der Waals surface area contributed by atoms with E-state index in [0.29, 0.717) is 24.4 Å². The fourth-order valence-electron chi connectivity index (χ4n) is 10.8. The van der Waals surface area contributed by atoms with Crippen molar-refractivity contribution >= 4 is 12.2 Å². The summed E-state index contributed by atoms with van der Waals surface area (Å²) in [4.78, 5) is 17.9. The van der Waals surface area contributed by atoms with Crippen LogP contribution in [-0.4, -0.2) is 94.8 Å². The first-order valence-electron chi connectivity index (χ1n) is 20.5. The zero-order valence-electron chi connectivity index (χ0n) is 31.6. The lowest BCUT2D eigenvalue weighted by Gasteiger charge is -2.53. The number of hydrogen-bond acceptors (Lipinski definition) is 8. The topological polar surface area (TPSA) is 157 Å². The van der Waals surface area contributed by atoms with Crippen LogP contribution in [0, 0.1) is 5.92 Å². The molecule has 9 N–H and O–H groups in total. The number of aliphatic hydroxyl groups is 2. The van der Waals surface area contributed by atoms with Gasteiger partial charge in [0.1, 0.15) is 12.6 Å². The van der Waals surface area contributed by atoms with Gasteiger partial charge in [-0.05, 0) is 82.3 Å². The number of aliphatic hydroxyl groups excluding tert-OH is 1. The molecule has 4 bridgehead atoms. The predicted octanol–water partition coefficient (Wildman–Crippen LogP) is 3.18. The number of nitrogens with zero attached hydrogens (tertiary/aromatic N) is 1. The van der Waals surface area contributed by atoms with Crippen molar-refractivity contribution < 1.29 is 25.0 Å². The molecule has 1 saturated carbocycles. The highest BCUT2D eigenvalue weighted by molar-refractivity contribution is 5.68. The largest absolute Gasteiger partial charge is 0.481 e. The zero-order chi connectivity index (χ0) is 36.1. The summed E-state index contributed by atoms with van der Waals surface area (Å²) in [5.74, 6) is -0.402. The first-order chi connectivity index (χ1) is 24.5. The Bertz CT molecular complexity index is 1310. The van der Waals surface area contributed by atoms with E-state index in [-0.39, 0.29) is 48.3 Å². The molecule has 51 heavy (non-hydrogen) atoms. The molecular formula is C41H69N6O4+. The van der Waals surface area contributed by atoms with E-state index in [4.69, 9.17) is 5.73 Å². The molecule has 0 amide bonds. The molecule has 1 spiro atoms. The second kappa shape index (κ2) is 17.0. The highest BCUT2D eigenvalue weighted by Crippen LogP contribution is 2.46. The number of carboxylic acid groups (broad SMARTS) is 1. The number of nitrogens with two attached hydrogens (primary N) is 1. The predicted molar refractivity (Wildman–Crippen MR) is 203 cm³/mol. The monoisotopic (exact) mass is 710 g/mol. The second-order valence-electron chi connectivity index (χ2n) is 17.8. The Morgan fingerprint density at radius 1 is 1.04 bits per heavy atom. The Morgan fingerprint density at radius 3 is 2.57 bits per heavy atom. The van der Waals surface area contributed by atoms with E-state index in [1.54, 1.807) is 0 Å². The van der Waals surface area contributed by atoms with Crippen LogP contribution in [0.1, 0.15) is 134 Å². The first kappa shape index (κ1) is 38.8. The van der Waals surface area contributed by atoms with Crippen molar-refractivity contribution in [2.24, 2.45) is 16.6 Å². The van der Waals surface area contributed by atoms with Crippen LogP contribution < -0.4 is 26.6 Å². The maximum absolute atomic E-state index is 11.9. The lowest BCUT2D eigenvalue weighted by molar-refractivity contribution is -0.914. The van der Waals surface area contributed by atoms with Gasteiger partial charge in [-0.3, -0.25) is 10.1 Å². The minimum Gasteiger partial charge on any atom is -0.481 e. The molecule has 10 nitrogen and oxygen atoms in total. The molecule has 6 rings (SSSR count). The van der Waals surface area contributed by atoms with Gasteiger partial charge in [0, 0.05) is 36.0 Å². The third-order valence-corrected chi connectivity index (χ3v) is 13.7. The van der Waals surface area contributed by atoms with Crippen LogP contribution in [-0.2, 0) is 16.6 Å². The number of piperidine rings is 2. The number of fused-ring (bicyclic) bond motifs is 6. The Balaban J connectivity index is 1.27. The quantitative estimate of drug-likeness (QED) is 0.224. The maximum Gasteiger partial charge on any atom is 0.306 e. The molecule has 3 fully saturated rings. The van der Waals surface area contributed by atoms with Crippen LogP contribution >= 0.6 is 0 Å². The molecule has 1 aliphatic carbocycles. The molecular weight excluding hydrogens is 640 g/mol. The van der Waals surface area contributed by atoms with E-state index in [1.807, 2.05) is 6.21 Å². The molecule has 5 aliphatic rings. The van der Waals surface area contributed by atoms with Crippen LogP contribution in [0.3, 0.4) is 0 Å². The van der Waals surface area contributed by atoms with Crippen molar-refractivity contribution in [2.45, 2.75) is 182 Å². The zero-order valence-corrected chi connectivity index (χ0v) is 31.6. The normalized spacial score (nSPS) is 39.6. The molecule has 4 aliphatic heterocycles. The summed E-state index contributed by atoms with van der Waals surface area (Å²) in [6, 6.07) is 10.6. The third kappa shape index (κ3) is 9.80. The maximum atomic E-state index is 11.9. The van der Waals surface area contributed by atoms with Gasteiger partial charge in [-0.2, -0.15) is 0 Å². The number of β-amino-alcohol motifs (C(OH)–C–C–N with tert-alkyl or cyclic N) is 1. The molecule has 10 atom stereocenters. The molecule has 1 aromatic rings. The summed E-state index contributed by atoms with van der Waals surface area (Å²) in [5.41, 5.74) is 8.04. The molecule has 10 heteroatoms. The lowest BCUT2D eigenvalue weighted by atomic mass is 9.61. The number of carbonyl (C=O) groups is 1. The summed E-state index contributed by atoms with van der Waals surface area (Å²) < 4.78 is 0. The lowest BCUT2D eigenvalue weighted by Crippen LogP contribution is -3.16. The van der Waals surface area contributed by atoms with Gasteiger partial charge in [-0.1, -0.05) is 75.6 Å². The van der Waals surface area contributed by atoms with Gasteiger partial charge in [0.15, 0.2) is 6.67 Å². The summed E-state index contributed by atoms with van der Waals surface area (Å²) in [6.45, 7) is 6.36. The number of quaternary nitrogens is 1. The number of rotatable bonds is 6. The van der Waals surface area contributed by atoms with Crippen molar-refractivity contribution in [2.75, 3.05) is 19.8 Å². The number of nitrogens with one attached hydrogen (secondary N) is 4. The number of aliphatic imine (C=N–C) groups is 1. The molecule has 4 heterocycles. The fourth-order valence-corrected chi connectivity index (χ4v) is 10.8. The Kier molecular flexibility index (Phi) is 13.0. The van der Waals surface area contributed by atoms with E-state index in [1.165, 1.54) is 35.3 Å². The highest BCUT2D eigenvalue weighted by atomic mass is 16.4. The number of hydrogen-bond donors (Lipinski definition) is 8. The minimum absolute atomic E-state index is 0.0235. The number of aliphatic carboxylic acids is 1. The average Bonchev–Trinajstić information content (AvgIpc) is 3.64. The van der Waals surface area contributed by atoms with Gasteiger partial charge in [-0.15, -0.1) is 0 Å². The average molecular weight is 710 g/mol. The van der Waals surface area contributed by atoms with Gasteiger partial charge >= 0.3 is 5.97 Å². The van der Waals surface area contributed by atoms with E-state index in [2.05, 4.69) is 59.1 Å². The van der Waals surface area contributed by atoms with Crippen molar-refractivity contribution in [1.29, 1.82) is 0 Å². The Morgan fingerprint density at radius 2 is 1.80 bits per heavy atom. The molecule has 1 unspecified atom stereocenters. The van der Waals surface area contributed by atoms with E-state index >= 15 is 0 Å².